The summed E-state index contributed by atoms with van der Waals surface area (Å²) in [5.41, 5.74) is 3.12. The lowest BCUT2D eigenvalue weighted by molar-refractivity contribution is -0.129. The van der Waals surface area contributed by atoms with Gasteiger partial charge in [0.25, 0.3) is 5.91 Å². The number of rotatable bonds is 5. The second kappa shape index (κ2) is 7.47. The first-order chi connectivity index (χ1) is 12.4. The van der Waals surface area contributed by atoms with E-state index < -0.39 is 12.1 Å². The highest BCUT2D eigenvalue weighted by Crippen LogP contribution is 2.32. The summed E-state index contributed by atoms with van der Waals surface area (Å²) in [4.78, 5) is 24.5. The molecule has 6 heteroatoms. The average Bonchev–Trinajstić information content (AvgIpc) is 3.09. The van der Waals surface area contributed by atoms with Gasteiger partial charge in [-0.05, 0) is 50.1 Å². The lowest BCUT2D eigenvalue weighted by Gasteiger charge is -2.15. The van der Waals surface area contributed by atoms with Gasteiger partial charge in [-0.1, -0.05) is 23.8 Å². The first-order valence-corrected chi connectivity index (χ1v) is 8.38. The fraction of sp³-hybridized carbons (Fsp3) is 0.300. The number of carbonyl (C=O) groups is 2. The van der Waals surface area contributed by atoms with Crippen LogP contribution in [0.1, 0.15) is 34.0 Å². The molecule has 1 heterocycles. The molecule has 0 saturated carbocycles. The van der Waals surface area contributed by atoms with Gasteiger partial charge in [0.15, 0.2) is 17.6 Å². The lowest BCUT2D eigenvalue weighted by Crippen LogP contribution is -2.35. The van der Waals surface area contributed by atoms with E-state index in [1.807, 2.05) is 38.1 Å². The molecule has 1 N–H and O–H groups in total. The van der Waals surface area contributed by atoms with Crippen molar-refractivity contribution in [3.05, 3.63) is 58.7 Å². The molecule has 2 aromatic carbocycles. The predicted octanol–water partition coefficient (Wildman–Crippen LogP) is 2.89. The summed E-state index contributed by atoms with van der Waals surface area (Å²) in [6, 6.07) is 11.0. The Kier molecular flexibility index (Phi) is 5.11. The van der Waals surface area contributed by atoms with E-state index in [-0.39, 0.29) is 12.7 Å². The number of hydrogen-bond donors (Lipinski definition) is 1. The van der Waals surface area contributed by atoms with Gasteiger partial charge in [-0.3, -0.25) is 4.79 Å². The largest absolute Gasteiger partial charge is 0.454 e. The molecular formula is C20H21NO5. The van der Waals surface area contributed by atoms with Gasteiger partial charge in [-0.2, -0.15) is 0 Å². The fourth-order valence-electron chi connectivity index (χ4n) is 2.62. The number of carbonyl (C=O) groups excluding carboxylic acids is 2. The van der Waals surface area contributed by atoms with Crippen molar-refractivity contribution in [2.45, 2.75) is 33.4 Å². The van der Waals surface area contributed by atoms with Crippen LogP contribution in [0.2, 0.25) is 0 Å². The summed E-state index contributed by atoms with van der Waals surface area (Å²) in [5.74, 6) is 0.486. The van der Waals surface area contributed by atoms with Crippen molar-refractivity contribution in [2.24, 2.45) is 0 Å². The third-order valence-electron chi connectivity index (χ3n) is 4.17. The lowest BCUT2D eigenvalue weighted by atomic mass is 10.1. The Labute approximate surface area is 152 Å². The maximum absolute atomic E-state index is 12.3. The van der Waals surface area contributed by atoms with Crippen LogP contribution in [0.5, 0.6) is 11.5 Å². The molecule has 2 aromatic rings. The van der Waals surface area contributed by atoms with E-state index in [0.717, 1.165) is 16.7 Å². The number of ether oxygens (including phenoxy) is 3. The summed E-state index contributed by atoms with van der Waals surface area (Å²) < 4.78 is 15.9. The standard InChI is InChI=1S/C20H21NO5/c1-12-4-5-13(2)16(8-12)20(23)26-14(3)19(22)21-10-15-6-7-17-18(9-15)25-11-24-17/h4-9,14H,10-11H2,1-3H3,(H,21,22)/t14-/m0/s1. The van der Waals surface area contributed by atoms with E-state index in [4.69, 9.17) is 14.2 Å². The fourth-order valence-corrected chi connectivity index (χ4v) is 2.62. The Bertz CT molecular complexity index is 846. The number of aryl methyl sites for hydroxylation is 2. The van der Waals surface area contributed by atoms with Gasteiger partial charge in [0, 0.05) is 6.54 Å². The van der Waals surface area contributed by atoms with E-state index in [1.165, 1.54) is 0 Å². The molecule has 1 atom stereocenters. The first-order valence-electron chi connectivity index (χ1n) is 8.38. The van der Waals surface area contributed by atoms with Gasteiger partial charge in [0.2, 0.25) is 6.79 Å². The van der Waals surface area contributed by atoms with Gasteiger partial charge in [0.1, 0.15) is 0 Å². The molecule has 26 heavy (non-hydrogen) atoms. The van der Waals surface area contributed by atoms with Crippen molar-refractivity contribution in [1.29, 1.82) is 0 Å². The van der Waals surface area contributed by atoms with Crippen LogP contribution < -0.4 is 14.8 Å². The Morgan fingerprint density at radius 3 is 2.69 bits per heavy atom. The van der Waals surface area contributed by atoms with Crippen molar-refractivity contribution in [2.75, 3.05) is 6.79 Å². The SMILES string of the molecule is Cc1ccc(C)c(C(=O)O[C@@H](C)C(=O)NCc2ccc3c(c2)OCO3)c1. The molecule has 0 aromatic heterocycles. The highest BCUT2D eigenvalue weighted by molar-refractivity contribution is 5.93. The van der Waals surface area contributed by atoms with Crippen molar-refractivity contribution >= 4 is 11.9 Å². The molecule has 0 spiro atoms. The molecule has 3 rings (SSSR count). The number of benzene rings is 2. The maximum atomic E-state index is 12.3. The van der Waals surface area contributed by atoms with Gasteiger partial charge in [0.05, 0.1) is 5.56 Å². The van der Waals surface area contributed by atoms with Crippen LogP contribution in [0.4, 0.5) is 0 Å². The topological polar surface area (TPSA) is 73.9 Å². The Balaban J connectivity index is 1.56. The van der Waals surface area contributed by atoms with E-state index >= 15 is 0 Å². The zero-order valence-corrected chi connectivity index (χ0v) is 15.0. The minimum Gasteiger partial charge on any atom is -0.454 e. The van der Waals surface area contributed by atoms with E-state index in [9.17, 15) is 9.59 Å². The molecule has 1 amide bonds. The predicted molar refractivity (Wildman–Crippen MR) is 95.2 cm³/mol. The number of esters is 1. The van der Waals surface area contributed by atoms with E-state index in [1.54, 1.807) is 19.1 Å². The normalized spacial score (nSPS) is 13.2. The average molecular weight is 355 g/mol. The molecular weight excluding hydrogens is 334 g/mol. The molecule has 0 radical (unpaired) electrons. The second-order valence-corrected chi connectivity index (χ2v) is 6.27. The summed E-state index contributed by atoms with van der Waals surface area (Å²) in [6.45, 7) is 5.80. The summed E-state index contributed by atoms with van der Waals surface area (Å²) >= 11 is 0. The third kappa shape index (κ3) is 3.96. The van der Waals surface area contributed by atoms with Gasteiger partial charge >= 0.3 is 5.97 Å². The van der Waals surface area contributed by atoms with E-state index in [0.29, 0.717) is 23.6 Å². The summed E-state index contributed by atoms with van der Waals surface area (Å²) in [7, 11) is 0. The minimum atomic E-state index is -0.892. The van der Waals surface area contributed by atoms with Gasteiger partial charge in [-0.25, -0.2) is 4.79 Å². The molecule has 1 aliphatic rings. The Hall–Kier alpha value is -3.02. The molecule has 0 aliphatic carbocycles. The highest BCUT2D eigenvalue weighted by Gasteiger charge is 2.20. The highest BCUT2D eigenvalue weighted by atomic mass is 16.7. The molecule has 6 nitrogen and oxygen atoms in total. The van der Waals surface area contributed by atoms with Crippen LogP contribution >= 0.6 is 0 Å². The van der Waals surface area contributed by atoms with Crippen molar-refractivity contribution in [3.8, 4) is 11.5 Å². The number of amides is 1. The summed E-state index contributed by atoms with van der Waals surface area (Å²) in [5, 5.41) is 2.76. The zero-order valence-electron chi connectivity index (χ0n) is 15.0. The Morgan fingerprint density at radius 1 is 1.12 bits per heavy atom. The van der Waals surface area contributed by atoms with Crippen molar-refractivity contribution < 1.29 is 23.8 Å². The van der Waals surface area contributed by atoms with Gasteiger partial charge < -0.3 is 19.5 Å². The second-order valence-electron chi connectivity index (χ2n) is 6.27. The third-order valence-corrected chi connectivity index (χ3v) is 4.17. The van der Waals surface area contributed by atoms with Crippen LogP contribution in [0.3, 0.4) is 0 Å². The molecule has 0 unspecified atom stereocenters. The number of nitrogens with one attached hydrogen (secondary N) is 1. The quantitative estimate of drug-likeness (QED) is 0.835. The molecule has 1 aliphatic heterocycles. The van der Waals surface area contributed by atoms with Crippen molar-refractivity contribution in [3.63, 3.8) is 0 Å². The monoisotopic (exact) mass is 355 g/mol. The molecule has 136 valence electrons. The zero-order chi connectivity index (χ0) is 18.7. The summed E-state index contributed by atoms with van der Waals surface area (Å²) in [6.07, 6.45) is -0.892. The molecule has 0 fully saturated rings. The Morgan fingerprint density at radius 2 is 1.88 bits per heavy atom. The van der Waals surface area contributed by atoms with Crippen LogP contribution in [-0.4, -0.2) is 24.8 Å². The first kappa shape index (κ1) is 17.8. The number of fused-ring (bicyclic) bond motifs is 1. The van der Waals surface area contributed by atoms with Crippen molar-refractivity contribution in [1.82, 2.24) is 5.32 Å². The van der Waals surface area contributed by atoms with Crippen LogP contribution in [0.25, 0.3) is 0 Å². The number of hydrogen-bond acceptors (Lipinski definition) is 5. The minimum absolute atomic E-state index is 0.205. The van der Waals surface area contributed by atoms with Crippen LogP contribution in [0, 0.1) is 13.8 Å². The van der Waals surface area contributed by atoms with E-state index in [2.05, 4.69) is 5.32 Å². The smallest absolute Gasteiger partial charge is 0.339 e. The molecule has 0 saturated heterocycles. The van der Waals surface area contributed by atoms with Crippen LogP contribution in [-0.2, 0) is 16.1 Å². The van der Waals surface area contributed by atoms with Crippen LogP contribution in [0.15, 0.2) is 36.4 Å². The molecule has 0 bridgehead atoms. The van der Waals surface area contributed by atoms with Gasteiger partial charge in [-0.15, -0.1) is 0 Å². The maximum Gasteiger partial charge on any atom is 0.339 e.